The molecule has 0 aromatic heterocycles. The van der Waals surface area contributed by atoms with E-state index in [4.69, 9.17) is 9.47 Å². The quantitative estimate of drug-likeness (QED) is 0.782. The minimum absolute atomic E-state index is 0.142. The number of hydrogen-bond donors (Lipinski definition) is 0. The van der Waals surface area contributed by atoms with E-state index >= 15 is 0 Å². The largest absolute Gasteiger partial charge is 0.494 e. The number of hydrogen-bond acceptors (Lipinski definition) is 4. The molecule has 0 N–H and O–H groups in total. The summed E-state index contributed by atoms with van der Waals surface area (Å²) >= 11 is 0. The van der Waals surface area contributed by atoms with Gasteiger partial charge in [-0.15, -0.1) is 0 Å². The summed E-state index contributed by atoms with van der Waals surface area (Å²) in [4.78, 5) is 14.6. The average molecular weight is 291 g/mol. The number of nitrogens with zero attached hydrogens (tertiary/aromatic N) is 1. The molecule has 0 aliphatic carbocycles. The van der Waals surface area contributed by atoms with Gasteiger partial charge in [0.05, 0.1) is 24.9 Å². The summed E-state index contributed by atoms with van der Waals surface area (Å²) < 4.78 is 11.3. The van der Waals surface area contributed by atoms with Crippen LogP contribution in [0.3, 0.4) is 0 Å². The maximum absolute atomic E-state index is 12.4. The summed E-state index contributed by atoms with van der Waals surface area (Å²) in [7, 11) is 0. The Morgan fingerprint density at radius 1 is 1.38 bits per heavy atom. The van der Waals surface area contributed by atoms with Crippen LogP contribution < -0.4 is 4.74 Å². The molecule has 0 amide bonds. The van der Waals surface area contributed by atoms with Gasteiger partial charge in [0.2, 0.25) is 0 Å². The molecule has 1 atom stereocenters. The predicted molar refractivity (Wildman–Crippen MR) is 83.0 cm³/mol. The van der Waals surface area contributed by atoms with Crippen molar-refractivity contribution in [2.75, 3.05) is 26.2 Å². The van der Waals surface area contributed by atoms with E-state index in [9.17, 15) is 4.79 Å². The van der Waals surface area contributed by atoms with Crippen molar-refractivity contribution >= 4 is 5.78 Å². The SMILES string of the molecule is CCOc1ccc(C(=O)CN2CC(C)OC(C)(C)C2)cc1. The number of benzene rings is 1. The fourth-order valence-corrected chi connectivity index (χ4v) is 2.90. The number of rotatable bonds is 5. The first-order chi connectivity index (χ1) is 9.89. The molecule has 1 aliphatic heterocycles. The van der Waals surface area contributed by atoms with Gasteiger partial charge in [-0.25, -0.2) is 0 Å². The molecular formula is C17H25NO3. The van der Waals surface area contributed by atoms with Crippen LogP contribution >= 0.6 is 0 Å². The van der Waals surface area contributed by atoms with Gasteiger partial charge in [0.25, 0.3) is 0 Å². The lowest BCUT2D eigenvalue weighted by Gasteiger charge is -2.41. The molecule has 1 aromatic carbocycles. The summed E-state index contributed by atoms with van der Waals surface area (Å²) in [5.41, 5.74) is 0.534. The Balaban J connectivity index is 1.97. The van der Waals surface area contributed by atoms with E-state index in [2.05, 4.69) is 25.7 Å². The second-order valence-electron chi connectivity index (χ2n) is 6.24. The Labute approximate surface area is 127 Å². The zero-order chi connectivity index (χ0) is 15.5. The zero-order valence-electron chi connectivity index (χ0n) is 13.4. The third-order valence-corrected chi connectivity index (χ3v) is 3.49. The number of morpholine rings is 1. The van der Waals surface area contributed by atoms with Gasteiger partial charge in [0, 0.05) is 18.7 Å². The average Bonchev–Trinajstić information content (AvgIpc) is 2.37. The standard InChI is InChI=1S/C17H25NO3/c1-5-20-15-8-6-14(7-9-15)16(19)11-18-10-13(2)21-17(3,4)12-18/h6-9,13H,5,10-12H2,1-4H3. The summed E-state index contributed by atoms with van der Waals surface area (Å²) in [5.74, 6) is 0.943. The van der Waals surface area contributed by atoms with Gasteiger partial charge in [0.15, 0.2) is 5.78 Å². The van der Waals surface area contributed by atoms with Gasteiger partial charge in [-0.3, -0.25) is 9.69 Å². The van der Waals surface area contributed by atoms with Crippen LogP contribution in [0.15, 0.2) is 24.3 Å². The third kappa shape index (κ3) is 4.55. The maximum atomic E-state index is 12.4. The highest BCUT2D eigenvalue weighted by Crippen LogP contribution is 2.21. The second kappa shape index (κ2) is 6.58. The van der Waals surface area contributed by atoms with Crippen LogP contribution in [-0.2, 0) is 4.74 Å². The van der Waals surface area contributed by atoms with E-state index in [-0.39, 0.29) is 17.5 Å². The molecule has 1 unspecified atom stereocenters. The monoisotopic (exact) mass is 291 g/mol. The lowest BCUT2D eigenvalue weighted by Crippen LogP contribution is -2.53. The first kappa shape index (κ1) is 16.0. The van der Waals surface area contributed by atoms with Gasteiger partial charge >= 0.3 is 0 Å². The molecule has 1 aliphatic rings. The lowest BCUT2D eigenvalue weighted by molar-refractivity contribution is -0.126. The molecule has 1 fully saturated rings. The fraction of sp³-hybridized carbons (Fsp3) is 0.588. The molecule has 1 aromatic rings. The molecular weight excluding hydrogens is 266 g/mol. The van der Waals surface area contributed by atoms with Crippen molar-refractivity contribution in [2.24, 2.45) is 0 Å². The topological polar surface area (TPSA) is 38.8 Å². The van der Waals surface area contributed by atoms with Crippen molar-refractivity contribution in [2.45, 2.75) is 39.4 Å². The third-order valence-electron chi connectivity index (χ3n) is 3.49. The van der Waals surface area contributed by atoms with Gasteiger partial charge in [0.1, 0.15) is 5.75 Å². The molecule has 116 valence electrons. The van der Waals surface area contributed by atoms with Crippen LogP contribution in [0.5, 0.6) is 5.75 Å². The second-order valence-corrected chi connectivity index (χ2v) is 6.24. The molecule has 4 heteroatoms. The minimum atomic E-state index is -0.198. The van der Waals surface area contributed by atoms with Crippen LogP contribution in [0.25, 0.3) is 0 Å². The summed E-state index contributed by atoms with van der Waals surface area (Å²) in [6, 6.07) is 7.37. The number of ketones is 1. The summed E-state index contributed by atoms with van der Waals surface area (Å²) in [5, 5.41) is 0. The molecule has 0 saturated carbocycles. The van der Waals surface area contributed by atoms with Crippen molar-refractivity contribution in [3.05, 3.63) is 29.8 Å². The number of ether oxygens (including phenoxy) is 2. The number of carbonyl (C=O) groups is 1. The van der Waals surface area contributed by atoms with E-state index in [1.54, 1.807) is 0 Å². The van der Waals surface area contributed by atoms with Crippen molar-refractivity contribution in [3.8, 4) is 5.75 Å². The van der Waals surface area contributed by atoms with Gasteiger partial charge in [-0.05, 0) is 52.0 Å². The maximum Gasteiger partial charge on any atom is 0.176 e. The van der Waals surface area contributed by atoms with Crippen molar-refractivity contribution in [1.82, 2.24) is 4.90 Å². The van der Waals surface area contributed by atoms with E-state index in [0.717, 1.165) is 24.4 Å². The van der Waals surface area contributed by atoms with Crippen LogP contribution in [0.4, 0.5) is 0 Å². The highest BCUT2D eigenvalue weighted by molar-refractivity contribution is 5.97. The van der Waals surface area contributed by atoms with E-state index in [0.29, 0.717) is 13.2 Å². The van der Waals surface area contributed by atoms with Gasteiger partial charge in [-0.2, -0.15) is 0 Å². The van der Waals surface area contributed by atoms with E-state index < -0.39 is 0 Å². The summed E-state index contributed by atoms with van der Waals surface area (Å²) in [6.07, 6.45) is 0.155. The molecule has 0 bridgehead atoms. The van der Waals surface area contributed by atoms with Gasteiger partial charge < -0.3 is 9.47 Å². The first-order valence-corrected chi connectivity index (χ1v) is 7.56. The van der Waals surface area contributed by atoms with Crippen molar-refractivity contribution in [1.29, 1.82) is 0 Å². The molecule has 0 radical (unpaired) electrons. The summed E-state index contributed by atoms with van der Waals surface area (Å²) in [6.45, 7) is 10.8. The smallest absolute Gasteiger partial charge is 0.176 e. The molecule has 0 spiro atoms. The Morgan fingerprint density at radius 2 is 2.05 bits per heavy atom. The van der Waals surface area contributed by atoms with E-state index in [1.807, 2.05) is 31.2 Å². The van der Waals surface area contributed by atoms with Gasteiger partial charge in [-0.1, -0.05) is 0 Å². The highest BCUT2D eigenvalue weighted by Gasteiger charge is 2.32. The van der Waals surface area contributed by atoms with E-state index in [1.165, 1.54) is 0 Å². The Morgan fingerprint density at radius 3 is 2.62 bits per heavy atom. The molecule has 2 rings (SSSR count). The molecule has 4 nitrogen and oxygen atoms in total. The Hall–Kier alpha value is -1.39. The normalized spacial score (nSPS) is 22.0. The fourth-order valence-electron chi connectivity index (χ4n) is 2.90. The number of Topliss-reactive ketones (excluding diaryl/α,β-unsaturated/α-hetero) is 1. The highest BCUT2D eigenvalue weighted by atomic mass is 16.5. The molecule has 1 saturated heterocycles. The Bertz CT molecular complexity index is 481. The zero-order valence-corrected chi connectivity index (χ0v) is 13.4. The lowest BCUT2D eigenvalue weighted by atomic mass is 10.0. The number of carbonyl (C=O) groups excluding carboxylic acids is 1. The predicted octanol–water partition coefficient (Wildman–Crippen LogP) is 2.77. The van der Waals surface area contributed by atoms with Crippen LogP contribution in [-0.4, -0.2) is 48.6 Å². The Kier molecular flexibility index (Phi) is 5.01. The van der Waals surface area contributed by atoms with Crippen LogP contribution in [0, 0.1) is 0 Å². The first-order valence-electron chi connectivity index (χ1n) is 7.56. The van der Waals surface area contributed by atoms with Crippen molar-refractivity contribution in [3.63, 3.8) is 0 Å². The molecule has 21 heavy (non-hydrogen) atoms. The molecule has 1 heterocycles. The van der Waals surface area contributed by atoms with Crippen LogP contribution in [0.1, 0.15) is 38.1 Å². The van der Waals surface area contributed by atoms with Crippen molar-refractivity contribution < 1.29 is 14.3 Å². The minimum Gasteiger partial charge on any atom is -0.494 e. The van der Waals surface area contributed by atoms with Crippen LogP contribution in [0.2, 0.25) is 0 Å².